The van der Waals surface area contributed by atoms with Crippen molar-refractivity contribution in [3.63, 3.8) is 0 Å². The quantitative estimate of drug-likeness (QED) is 0.927. The lowest BCUT2D eigenvalue weighted by Crippen LogP contribution is -2.15. The Morgan fingerprint density at radius 2 is 2.06 bits per heavy atom. The fraction of sp³-hybridized carbons (Fsp3) is 0.143. The highest BCUT2D eigenvalue weighted by molar-refractivity contribution is 9.10. The first kappa shape index (κ1) is 12.6. The first-order valence-corrected chi connectivity index (χ1v) is 6.27. The highest BCUT2D eigenvalue weighted by Crippen LogP contribution is 2.18. The van der Waals surface area contributed by atoms with Crippen LogP contribution in [0.15, 0.2) is 39.6 Å². The van der Waals surface area contributed by atoms with Crippen LogP contribution >= 0.6 is 15.9 Å². The van der Waals surface area contributed by atoms with Crippen molar-refractivity contribution in [3.8, 4) is 6.07 Å². The third-order valence-electron chi connectivity index (χ3n) is 2.77. The molecule has 0 fully saturated rings. The van der Waals surface area contributed by atoms with Crippen molar-refractivity contribution >= 4 is 15.9 Å². The molecule has 0 unspecified atom stereocenters. The maximum Gasteiger partial charge on any atom is 0.251 e. The van der Waals surface area contributed by atoms with Gasteiger partial charge in [-0.2, -0.15) is 5.26 Å². The second-order valence-electron chi connectivity index (χ2n) is 4.04. The second kappa shape index (κ2) is 5.19. The van der Waals surface area contributed by atoms with E-state index in [2.05, 4.69) is 27.0 Å². The van der Waals surface area contributed by atoms with Crippen LogP contribution in [0.1, 0.15) is 22.4 Å². The van der Waals surface area contributed by atoms with E-state index in [-0.39, 0.29) is 5.56 Å². The largest absolute Gasteiger partial charge is 0.325 e. The fourth-order valence-corrected chi connectivity index (χ4v) is 2.19. The molecule has 1 aromatic carbocycles. The molecule has 0 spiro atoms. The van der Waals surface area contributed by atoms with E-state index in [0.29, 0.717) is 23.2 Å². The molecule has 1 heterocycles. The molecular weight excluding hydrogens is 292 g/mol. The molecule has 3 nitrogen and oxygen atoms in total. The van der Waals surface area contributed by atoms with E-state index in [0.717, 1.165) is 10.0 Å². The van der Waals surface area contributed by atoms with Gasteiger partial charge in [0.05, 0.1) is 5.56 Å². The topological polar surface area (TPSA) is 56.6 Å². The zero-order valence-corrected chi connectivity index (χ0v) is 11.4. The van der Waals surface area contributed by atoms with E-state index in [4.69, 9.17) is 5.26 Å². The number of H-pyrrole nitrogens is 1. The Labute approximate surface area is 113 Å². The van der Waals surface area contributed by atoms with Crippen LogP contribution in [0.2, 0.25) is 0 Å². The van der Waals surface area contributed by atoms with E-state index < -0.39 is 0 Å². The summed E-state index contributed by atoms with van der Waals surface area (Å²) in [6, 6.07) is 11.5. The van der Waals surface area contributed by atoms with Crippen LogP contribution in [0.3, 0.4) is 0 Å². The minimum Gasteiger partial charge on any atom is -0.325 e. The molecule has 90 valence electrons. The summed E-state index contributed by atoms with van der Waals surface area (Å²) >= 11 is 3.45. The molecule has 1 N–H and O–H groups in total. The van der Waals surface area contributed by atoms with Crippen molar-refractivity contribution in [2.45, 2.75) is 13.3 Å². The molecule has 0 saturated carbocycles. The van der Waals surface area contributed by atoms with Gasteiger partial charge in [-0.25, -0.2) is 0 Å². The summed E-state index contributed by atoms with van der Waals surface area (Å²) in [5.41, 5.74) is 2.61. The van der Waals surface area contributed by atoms with Crippen molar-refractivity contribution in [1.29, 1.82) is 5.26 Å². The molecule has 1 aromatic heterocycles. The molecular formula is C14H11BrN2O. The number of nitrogens with zero attached hydrogens (tertiary/aromatic N) is 1. The van der Waals surface area contributed by atoms with Crippen molar-refractivity contribution < 1.29 is 0 Å². The number of aryl methyl sites for hydroxylation is 1. The Bertz CT molecular complexity index is 683. The average Bonchev–Trinajstić information content (AvgIpc) is 2.35. The van der Waals surface area contributed by atoms with E-state index >= 15 is 0 Å². The monoisotopic (exact) mass is 302 g/mol. The first-order chi connectivity index (χ1) is 8.61. The number of aromatic nitrogens is 1. The van der Waals surface area contributed by atoms with Gasteiger partial charge in [-0.3, -0.25) is 4.79 Å². The number of hydrogen-bond acceptors (Lipinski definition) is 2. The first-order valence-electron chi connectivity index (χ1n) is 5.48. The number of benzene rings is 1. The zero-order chi connectivity index (χ0) is 13.1. The molecule has 18 heavy (non-hydrogen) atoms. The molecule has 0 aliphatic carbocycles. The number of rotatable bonds is 2. The van der Waals surface area contributed by atoms with E-state index in [1.54, 1.807) is 13.0 Å². The van der Waals surface area contributed by atoms with Gasteiger partial charge in [0.25, 0.3) is 5.56 Å². The van der Waals surface area contributed by atoms with Crippen LogP contribution in [0, 0.1) is 18.3 Å². The molecule has 2 aromatic rings. The van der Waals surface area contributed by atoms with Crippen LogP contribution in [0.5, 0.6) is 0 Å². The lowest BCUT2D eigenvalue weighted by molar-refractivity contribution is 1.04. The second-order valence-corrected chi connectivity index (χ2v) is 4.90. The number of hydrogen-bond donors (Lipinski definition) is 1. The molecule has 0 aliphatic heterocycles. The van der Waals surface area contributed by atoms with Crippen molar-refractivity contribution in [3.05, 3.63) is 67.5 Å². The lowest BCUT2D eigenvalue weighted by Gasteiger charge is -2.05. The minimum absolute atomic E-state index is 0.137. The summed E-state index contributed by atoms with van der Waals surface area (Å²) in [4.78, 5) is 14.5. The highest BCUT2D eigenvalue weighted by Gasteiger charge is 2.07. The van der Waals surface area contributed by atoms with Crippen LogP contribution in [-0.2, 0) is 6.42 Å². The van der Waals surface area contributed by atoms with Crippen molar-refractivity contribution in [1.82, 2.24) is 4.98 Å². The van der Waals surface area contributed by atoms with E-state index in [1.807, 2.05) is 24.3 Å². The SMILES string of the molecule is Cc1[nH]c(=O)c(Cc2ccccc2Br)cc1C#N. The molecule has 0 aliphatic rings. The smallest absolute Gasteiger partial charge is 0.251 e. The number of nitriles is 1. The third-order valence-corrected chi connectivity index (χ3v) is 3.55. The molecule has 0 amide bonds. The number of nitrogens with one attached hydrogen (secondary N) is 1. The Hall–Kier alpha value is -1.86. The van der Waals surface area contributed by atoms with Gasteiger partial charge in [-0.1, -0.05) is 34.1 Å². The number of aromatic amines is 1. The van der Waals surface area contributed by atoms with Crippen LogP contribution in [0.25, 0.3) is 0 Å². The Morgan fingerprint density at radius 1 is 1.33 bits per heavy atom. The predicted octanol–water partition coefficient (Wildman–Crippen LogP) is 2.91. The minimum atomic E-state index is -0.137. The zero-order valence-electron chi connectivity index (χ0n) is 9.83. The molecule has 0 bridgehead atoms. The summed E-state index contributed by atoms with van der Waals surface area (Å²) in [6.45, 7) is 1.72. The van der Waals surface area contributed by atoms with Gasteiger partial charge in [-0.15, -0.1) is 0 Å². The highest BCUT2D eigenvalue weighted by atomic mass is 79.9. The predicted molar refractivity (Wildman–Crippen MR) is 73.5 cm³/mol. The van der Waals surface area contributed by atoms with Gasteiger partial charge in [0.15, 0.2) is 0 Å². The molecule has 0 atom stereocenters. The molecule has 4 heteroatoms. The molecule has 0 saturated heterocycles. The van der Waals surface area contributed by atoms with E-state index in [9.17, 15) is 4.79 Å². The standard InChI is InChI=1S/C14H11BrN2O/c1-9-12(8-16)7-11(14(18)17-9)6-10-4-2-3-5-13(10)15/h2-5,7H,6H2,1H3,(H,17,18). The summed E-state index contributed by atoms with van der Waals surface area (Å²) in [5, 5.41) is 8.97. The van der Waals surface area contributed by atoms with Gasteiger partial charge < -0.3 is 4.98 Å². The van der Waals surface area contributed by atoms with Gasteiger partial charge in [0, 0.05) is 22.2 Å². The van der Waals surface area contributed by atoms with Gasteiger partial charge in [-0.05, 0) is 24.6 Å². The lowest BCUT2D eigenvalue weighted by atomic mass is 10.0. The summed E-state index contributed by atoms with van der Waals surface area (Å²) in [6.07, 6.45) is 0.506. The van der Waals surface area contributed by atoms with Gasteiger partial charge in [0.2, 0.25) is 0 Å². The fourth-order valence-electron chi connectivity index (χ4n) is 1.76. The maximum absolute atomic E-state index is 11.8. The Balaban J connectivity index is 2.45. The normalized spacial score (nSPS) is 10.1. The van der Waals surface area contributed by atoms with Crippen molar-refractivity contribution in [2.75, 3.05) is 0 Å². The van der Waals surface area contributed by atoms with Gasteiger partial charge >= 0.3 is 0 Å². The third kappa shape index (κ3) is 2.52. The maximum atomic E-state index is 11.8. The molecule has 2 rings (SSSR count). The average molecular weight is 303 g/mol. The Morgan fingerprint density at radius 3 is 2.72 bits per heavy atom. The number of pyridine rings is 1. The number of halogens is 1. The van der Waals surface area contributed by atoms with Crippen LogP contribution in [0.4, 0.5) is 0 Å². The Kier molecular flexibility index (Phi) is 3.63. The van der Waals surface area contributed by atoms with Crippen LogP contribution < -0.4 is 5.56 Å². The summed E-state index contributed by atoms with van der Waals surface area (Å²) in [7, 11) is 0. The summed E-state index contributed by atoms with van der Waals surface area (Å²) in [5.74, 6) is 0. The molecule has 0 radical (unpaired) electrons. The van der Waals surface area contributed by atoms with Gasteiger partial charge in [0.1, 0.15) is 6.07 Å². The summed E-state index contributed by atoms with van der Waals surface area (Å²) < 4.78 is 0.962. The van der Waals surface area contributed by atoms with Crippen molar-refractivity contribution in [2.24, 2.45) is 0 Å². The van der Waals surface area contributed by atoms with E-state index in [1.165, 1.54) is 0 Å². The van der Waals surface area contributed by atoms with Crippen LogP contribution in [-0.4, -0.2) is 4.98 Å².